The van der Waals surface area contributed by atoms with Crippen LogP contribution in [0.3, 0.4) is 0 Å². The molecule has 0 atom stereocenters. The maximum Gasteiger partial charge on any atom is 0.240 e. The molecule has 0 spiro atoms. The van der Waals surface area contributed by atoms with Crippen molar-refractivity contribution in [2.24, 2.45) is 5.73 Å². The zero-order valence-corrected chi connectivity index (χ0v) is 13.9. The van der Waals surface area contributed by atoms with Gasteiger partial charge in [-0.2, -0.15) is 0 Å². The maximum atomic E-state index is 12.1. The Bertz CT molecular complexity index is 537. The highest BCUT2D eigenvalue weighted by atomic mass is 35.5. The zero-order chi connectivity index (χ0) is 14.9. The quantitative estimate of drug-likeness (QED) is 0.874. The van der Waals surface area contributed by atoms with Gasteiger partial charge >= 0.3 is 0 Å². The van der Waals surface area contributed by atoms with Gasteiger partial charge in [-0.1, -0.05) is 25.0 Å². The SMILES string of the molecule is COc1cccc(C2(CNC(=O)C3(N)CC3)CCCC2)c1.Cl. The number of amides is 1. The fourth-order valence-corrected chi connectivity index (χ4v) is 3.36. The Kier molecular flexibility index (Phi) is 5.03. The standard InChI is InChI=1S/C17H24N2O2.ClH/c1-21-14-6-4-5-13(11-14)16(7-2-3-8-16)12-19-15(20)17(18)9-10-17;/h4-6,11H,2-3,7-10,12,18H2,1H3,(H,19,20);1H. The summed E-state index contributed by atoms with van der Waals surface area (Å²) in [7, 11) is 1.69. The highest BCUT2D eigenvalue weighted by Crippen LogP contribution is 2.42. The van der Waals surface area contributed by atoms with E-state index in [0.29, 0.717) is 6.54 Å². The lowest BCUT2D eigenvalue weighted by Gasteiger charge is -2.31. The van der Waals surface area contributed by atoms with E-state index in [-0.39, 0.29) is 23.7 Å². The minimum atomic E-state index is -0.589. The molecule has 0 aromatic heterocycles. The number of carbonyl (C=O) groups is 1. The highest BCUT2D eigenvalue weighted by Gasteiger charge is 2.47. The van der Waals surface area contributed by atoms with Crippen LogP contribution in [-0.2, 0) is 10.2 Å². The predicted molar refractivity (Wildman–Crippen MR) is 89.6 cm³/mol. The molecule has 3 N–H and O–H groups in total. The predicted octanol–water partition coefficient (Wildman–Crippen LogP) is 2.54. The van der Waals surface area contributed by atoms with Gasteiger partial charge in [0.1, 0.15) is 5.75 Å². The van der Waals surface area contributed by atoms with Crippen molar-refractivity contribution in [2.45, 2.75) is 49.5 Å². The molecule has 0 aliphatic heterocycles. The van der Waals surface area contributed by atoms with E-state index in [1.165, 1.54) is 18.4 Å². The minimum absolute atomic E-state index is 0. The molecule has 22 heavy (non-hydrogen) atoms. The third kappa shape index (κ3) is 3.23. The van der Waals surface area contributed by atoms with Gasteiger partial charge in [-0.15, -0.1) is 12.4 Å². The summed E-state index contributed by atoms with van der Waals surface area (Å²) in [5, 5.41) is 3.10. The lowest BCUT2D eigenvalue weighted by Crippen LogP contribution is -2.47. The number of halogens is 1. The first kappa shape index (κ1) is 17.1. The number of benzene rings is 1. The van der Waals surface area contributed by atoms with E-state index in [2.05, 4.69) is 17.4 Å². The van der Waals surface area contributed by atoms with E-state index in [9.17, 15) is 4.79 Å². The van der Waals surface area contributed by atoms with Gasteiger partial charge in [-0.05, 0) is 43.4 Å². The molecule has 1 aromatic carbocycles. The van der Waals surface area contributed by atoms with Crippen LogP contribution in [0.5, 0.6) is 5.75 Å². The number of hydrogen-bond donors (Lipinski definition) is 2. The fourth-order valence-electron chi connectivity index (χ4n) is 3.36. The minimum Gasteiger partial charge on any atom is -0.497 e. The lowest BCUT2D eigenvalue weighted by molar-refractivity contribution is -0.123. The van der Waals surface area contributed by atoms with E-state index in [4.69, 9.17) is 10.5 Å². The van der Waals surface area contributed by atoms with Crippen molar-refractivity contribution in [1.29, 1.82) is 0 Å². The van der Waals surface area contributed by atoms with Crippen LogP contribution in [0.2, 0.25) is 0 Å². The summed E-state index contributed by atoms with van der Waals surface area (Å²) in [4.78, 5) is 12.1. The molecule has 0 radical (unpaired) electrons. The normalized spacial score (nSPS) is 20.8. The number of methoxy groups -OCH3 is 1. The molecular weight excluding hydrogens is 300 g/mol. The molecule has 2 saturated carbocycles. The van der Waals surface area contributed by atoms with Gasteiger partial charge in [0.15, 0.2) is 0 Å². The van der Waals surface area contributed by atoms with Crippen LogP contribution in [0.4, 0.5) is 0 Å². The Balaban J connectivity index is 0.00000176. The van der Waals surface area contributed by atoms with Crippen LogP contribution in [-0.4, -0.2) is 25.1 Å². The van der Waals surface area contributed by atoms with Crippen molar-refractivity contribution in [2.75, 3.05) is 13.7 Å². The Morgan fingerprint density at radius 3 is 2.55 bits per heavy atom. The summed E-state index contributed by atoms with van der Waals surface area (Å²) < 4.78 is 5.34. The zero-order valence-electron chi connectivity index (χ0n) is 13.1. The molecule has 2 aliphatic rings. The highest BCUT2D eigenvalue weighted by molar-refractivity contribution is 5.89. The number of carbonyl (C=O) groups excluding carboxylic acids is 1. The second-order valence-corrected chi connectivity index (χ2v) is 6.56. The molecule has 122 valence electrons. The number of nitrogens with one attached hydrogen (secondary N) is 1. The summed E-state index contributed by atoms with van der Waals surface area (Å²) in [5.74, 6) is 0.888. The molecule has 1 amide bonds. The molecule has 0 bridgehead atoms. The second kappa shape index (κ2) is 6.47. The van der Waals surface area contributed by atoms with Gasteiger partial charge in [0.25, 0.3) is 0 Å². The average molecular weight is 325 g/mol. The van der Waals surface area contributed by atoms with Gasteiger partial charge in [0.2, 0.25) is 5.91 Å². The molecule has 3 rings (SSSR count). The van der Waals surface area contributed by atoms with E-state index in [1.54, 1.807) is 7.11 Å². The number of nitrogens with two attached hydrogens (primary N) is 1. The number of hydrogen-bond acceptors (Lipinski definition) is 3. The Hall–Kier alpha value is -1.26. The molecule has 0 unspecified atom stereocenters. The summed E-state index contributed by atoms with van der Waals surface area (Å²) in [5.41, 5.74) is 6.68. The van der Waals surface area contributed by atoms with E-state index in [0.717, 1.165) is 31.4 Å². The molecule has 4 nitrogen and oxygen atoms in total. The van der Waals surface area contributed by atoms with Crippen LogP contribution in [0.1, 0.15) is 44.1 Å². The molecule has 5 heteroatoms. The van der Waals surface area contributed by atoms with E-state index >= 15 is 0 Å². The van der Waals surface area contributed by atoms with Gasteiger partial charge in [0, 0.05) is 12.0 Å². The summed E-state index contributed by atoms with van der Waals surface area (Å²) in [6, 6.07) is 8.24. The van der Waals surface area contributed by atoms with E-state index < -0.39 is 5.54 Å². The van der Waals surface area contributed by atoms with Crippen molar-refractivity contribution in [3.8, 4) is 5.75 Å². The topological polar surface area (TPSA) is 64.3 Å². The molecule has 0 saturated heterocycles. The third-order valence-corrected chi connectivity index (χ3v) is 5.07. The maximum absolute atomic E-state index is 12.1. The number of ether oxygens (including phenoxy) is 1. The first-order valence-electron chi connectivity index (χ1n) is 7.80. The van der Waals surface area contributed by atoms with Gasteiger partial charge in [0.05, 0.1) is 12.6 Å². The average Bonchev–Trinajstić information content (AvgIpc) is 3.09. The fraction of sp³-hybridized carbons (Fsp3) is 0.588. The molecule has 2 aliphatic carbocycles. The van der Waals surface area contributed by atoms with Gasteiger partial charge in [-0.3, -0.25) is 4.79 Å². The smallest absolute Gasteiger partial charge is 0.240 e. The summed E-state index contributed by atoms with van der Waals surface area (Å²) >= 11 is 0. The Morgan fingerprint density at radius 2 is 1.95 bits per heavy atom. The van der Waals surface area contributed by atoms with E-state index in [1.807, 2.05) is 12.1 Å². The molecule has 2 fully saturated rings. The Morgan fingerprint density at radius 1 is 1.27 bits per heavy atom. The van der Waals surface area contributed by atoms with Crippen molar-refractivity contribution < 1.29 is 9.53 Å². The molecular formula is C17H25ClN2O2. The van der Waals surface area contributed by atoms with Crippen LogP contribution >= 0.6 is 12.4 Å². The first-order valence-corrected chi connectivity index (χ1v) is 7.80. The molecule has 1 aromatic rings. The Labute approximate surface area is 138 Å². The summed E-state index contributed by atoms with van der Waals surface area (Å²) in [6.07, 6.45) is 6.26. The monoisotopic (exact) mass is 324 g/mol. The number of rotatable bonds is 5. The van der Waals surface area contributed by atoms with Crippen LogP contribution in [0.25, 0.3) is 0 Å². The van der Waals surface area contributed by atoms with Crippen molar-refractivity contribution in [3.63, 3.8) is 0 Å². The van der Waals surface area contributed by atoms with Crippen molar-refractivity contribution in [1.82, 2.24) is 5.32 Å². The van der Waals surface area contributed by atoms with Crippen LogP contribution in [0, 0.1) is 0 Å². The van der Waals surface area contributed by atoms with Crippen molar-refractivity contribution >= 4 is 18.3 Å². The lowest BCUT2D eigenvalue weighted by atomic mass is 9.78. The van der Waals surface area contributed by atoms with Crippen LogP contribution < -0.4 is 15.8 Å². The van der Waals surface area contributed by atoms with Gasteiger partial charge in [-0.25, -0.2) is 0 Å². The largest absolute Gasteiger partial charge is 0.497 e. The third-order valence-electron chi connectivity index (χ3n) is 5.07. The van der Waals surface area contributed by atoms with Crippen LogP contribution in [0.15, 0.2) is 24.3 Å². The first-order chi connectivity index (χ1) is 10.1. The second-order valence-electron chi connectivity index (χ2n) is 6.56. The van der Waals surface area contributed by atoms with Crippen molar-refractivity contribution in [3.05, 3.63) is 29.8 Å². The molecule has 0 heterocycles. The summed E-state index contributed by atoms with van der Waals surface area (Å²) in [6.45, 7) is 0.679. The van der Waals surface area contributed by atoms with Gasteiger partial charge < -0.3 is 15.8 Å².